The maximum atomic E-state index is 12.8. The normalized spacial score (nSPS) is 14.3. The van der Waals surface area contributed by atoms with Crippen LogP contribution in [-0.4, -0.2) is 17.4 Å². The van der Waals surface area contributed by atoms with Crippen LogP contribution in [-0.2, 0) is 12.6 Å². The number of amides is 1. The Balaban J connectivity index is 1.68. The average molecular weight is 427 g/mol. The topological polar surface area (TPSA) is 74.0 Å². The molecule has 1 unspecified atom stereocenters. The number of hydrogen-bond donors (Lipinski definition) is 3. The van der Waals surface area contributed by atoms with Crippen molar-refractivity contribution in [2.75, 3.05) is 11.9 Å². The van der Waals surface area contributed by atoms with Crippen molar-refractivity contribution in [3.05, 3.63) is 99.0 Å². The van der Waals surface area contributed by atoms with Crippen molar-refractivity contribution in [3.8, 4) is 0 Å². The number of benzene rings is 2. The van der Waals surface area contributed by atoms with E-state index in [1.165, 1.54) is 5.56 Å². The Morgan fingerprint density at radius 1 is 1.00 bits per heavy atom. The first kappa shape index (κ1) is 20.7. The van der Waals surface area contributed by atoms with E-state index in [9.17, 15) is 22.8 Å². The van der Waals surface area contributed by atoms with Crippen LogP contribution in [0.5, 0.6) is 0 Å². The summed E-state index contributed by atoms with van der Waals surface area (Å²) >= 11 is 0. The Kier molecular flexibility index (Phi) is 5.54. The number of alkyl halides is 3. The number of anilines is 1. The molecule has 8 heteroatoms. The lowest BCUT2D eigenvalue weighted by atomic mass is 9.94. The third-order valence-electron chi connectivity index (χ3n) is 5.27. The van der Waals surface area contributed by atoms with Crippen molar-refractivity contribution in [3.63, 3.8) is 0 Å². The molecule has 31 heavy (non-hydrogen) atoms. The van der Waals surface area contributed by atoms with Crippen LogP contribution in [0.25, 0.3) is 0 Å². The summed E-state index contributed by atoms with van der Waals surface area (Å²) in [6, 6.07) is 16.1. The number of carbonyl (C=O) groups is 1. The van der Waals surface area contributed by atoms with Crippen LogP contribution in [0.1, 0.15) is 45.2 Å². The minimum Gasteiger partial charge on any atom is -0.385 e. The summed E-state index contributed by atoms with van der Waals surface area (Å²) in [7, 11) is 0. The van der Waals surface area contributed by atoms with Crippen LogP contribution in [0.3, 0.4) is 0 Å². The van der Waals surface area contributed by atoms with Gasteiger partial charge >= 0.3 is 6.18 Å². The van der Waals surface area contributed by atoms with E-state index < -0.39 is 29.4 Å². The fraction of sp³-hybridized carbons (Fsp3) is 0.217. The van der Waals surface area contributed by atoms with Gasteiger partial charge in [-0.1, -0.05) is 42.5 Å². The van der Waals surface area contributed by atoms with Crippen molar-refractivity contribution >= 4 is 11.6 Å². The molecule has 160 valence electrons. The minimum absolute atomic E-state index is 0.384. The monoisotopic (exact) mass is 427 g/mol. The van der Waals surface area contributed by atoms with Gasteiger partial charge in [0.15, 0.2) is 0 Å². The maximum absolute atomic E-state index is 12.8. The van der Waals surface area contributed by atoms with Crippen LogP contribution in [0.2, 0.25) is 0 Å². The first-order valence-electron chi connectivity index (χ1n) is 9.86. The summed E-state index contributed by atoms with van der Waals surface area (Å²) in [4.78, 5) is 26.7. The zero-order valence-electron chi connectivity index (χ0n) is 16.4. The van der Waals surface area contributed by atoms with Gasteiger partial charge in [0.1, 0.15) is 11.3 Å². The predicted octanol–water partition coefficient (Wildman–Crippen LogP) is 4.27. The van der Waals surface area contributed by atoms with Gasteiger partial charge in [0.05, 0.1) is 6.04 Å². The van der Waals surface area contributed by atoms with Crippen LogP contribution in [0.15, 0.2) is 65.5 Å². The van der Waals surface area contributed by atoms with E-state index in [0.29, 0.717) is 6.07 Å². The average Bonchev–Trinajstić information content (AvgIpc) is 2.77. The lowest BCUT2D eigenvalue weighted by Gasteiger charge is -2.24. The second-order valence-electron chi connectivity index (χ2n) is 7.38. The van der Waals surface area contributed by atoms with E-state index in [0.717, 1.165) is 42.3 Å². The summed E-state index contributed by atoms with van der Waals surface area (Å²) in [5.41, 5.74) is 1.09. The molecule has 1 atom stereocenters. The van der Waals surface area contributed by atoms with Crippen molar-refractivity contribution in [2.45, 2.75) is 25.1 Å². The molecule has 1 aromatic heterocycles. The standard InChI is InChI=1S/C23H20F3N3O2/c24-23(25,26)19-11-10-17(21(30)28-19)22(31)29-20(15-5-2-1-3-6-15)16-9-8-14-7-4-12-27-18(14)13-16/h1-3,5-6,8-11,13,20,27H,4,7,12H2,(H,28,30)(H,29,31). The highest BCUT2D eigenvalue weighted by Crippen LogP contribution is 2.30. The SMILES string of the molecule is O=C(NC(c1ccccc1)c1ccc2c(c1)NCCC2)c1ccc(C(F)(F)F)[nH]c1=O. The van der Waals surface area contributed by atoms with E-state index in [-0.39, 0.29) is 5.56 Å². The first-order chi connectivity index (χ1) is 14.8. The summed E-state index contributed by atoms with van der Waals surface area (Å²) in [5.74, 6) is -0.755. The first-order valence-corrected chi connectivity index (χ1v) is 9.86. The van der Waals surface area contributed by atoms with E-state index >= 15 is 0 Å². The molecule has 0 radical (unpaired) electrons. The number of hydrogen-bond acceptors (Lipinski definition) is 3. The lowest BCUT2D eigenvalue weighted by Crippen LogP contribution is -2.34. The molecule has 0 saturated heterocycles. The molecule has 2 heterocycles. The summed E-state index contributed by atoms with van der Waals surface area (Å²) in [6.45, 7) is 0.861. The van der Waals surface area contributed by atoms with Gasteiger partial charge in [-0.15, -0.1) is 0 Å². The minimum atomic E-state index is -4.70. The predicted molar refractivity (Wildman–Crippen MR) is 111 cm³/mol. The van der Waals surface area contributed by atoms with Crippen molar-refractivity contribution in [1.29, 1.82) is 0 Å². The van der Waals surface area contributed by atoms with Gasteiger partial charge in [0.2, 0.25) is 0 Å². The molecule has 4 rings (SSSR count). The summed E-state index contributed by atoms with van der Waals surface area (Å²) < 4.78 is 38.4. The third-order valence-corrected chi connectivity index (χ3v) is 5.27. The van der Waals surface area contributed by atoms with E-state index in [1.54, 1.807) is 4.98 Å². The van der Waals surface area contributed by atoms with Gasteiger partial charge in [0.25, 0.3) is 11.5 Å². The molecule has 3 N–H and O–H groups in total. The smallest absolute Gasteiger partial charge is 0.385 e. The molecular weight excluding hydrogens is 407 g/mol. The number of pyridine rings is 1. The van der Waals surface area contributed by atoms with Gasteiger partial charge in [-0.2, -0.15) is 13.2 Å². The Labute approximate surface area is 176 Å². The molecule has 0 aliphatic carbocycles. The van der Waals surface area contributed by atoms with Crippen molar-refractivity contribution in [2.24, 2.45) is 0 Å². The fourth-order valence-corrected chi connectivity index (χ4v) is 3.69. The van der Waals surface area contributed by atoms with Gasteiger partial charge < -0.3 is 15.6 Å². The molecule has 0 fully saturated rings. The third kappa shape index (κ3) is 4.47. The molecule has 1 amide bonds. The van der Waals surface area contributed by atoms with Crippen molar-refractivity contribution < 1.29 is 18.0 Å². The van der Waals surface area contributed by atoms with Gasteiger partial charge in [0, 0.05) is 12.2 Å². The second kappa shape index (κ2) is 8.29. The van der Waals surface area contributed by atoms with E-state index in [1.807, 2.05) is 48.5 Å². The zero-order chi connectivity index (χ0) is 22.0. The number of rotatable bonds is 4. The number of nitrogens with one attached hydrogen (secondary N) is 3. The number of carbonyl (C=O) groups excluding carboxylic acids is 1. The summed E-state index contributed by atoms with van der Waals surface area (Å²) in [5, 5.41) is 6.15. The van der Waals surface area contributed by atoms with Gasteiger partial charge in [-0.05, 0) is 47.7 Å². The van der Waals surface area contributed by atoms with Crippen LogP contribution in [0, 0.1) is 0 Å². The molecule has 5 nitrogen and oxygen atoms in total. The van der Waals surface area contributed by atoms with Gasteiger partial charge in [-0.25, -0.2) is 0 Å². The highest BCUT2D eigenvalue weighted by molar-refractivity contribution is 5.94. The summed E-state index contributed by atoms with van der Waals surface area (Å²) in [6.07, 6.45) is -2.69. The molecule has 1 aliphatic heterocycles. The van der Waals surface area contributed by atoms with Crippen LogP contribution >= 0.6 is 0 Å². The molecule has 3 aromatic rings. The van der Waals surface area contributed by atoms with Gasteiger partial charge in [-0.3, -0.25) is 9.59 Å². The molecule has 1 aliphatic rings. The molecule has 0 spiro atoms. The Morgan fingerprint density at radius 3 is 2.48 bits per heavy atom. The highest BCUT2D eigenvalue weighted by Gasteiger charge is 2.32. The number of halogens is 3. The fourth-order valence-electron chi connectivity index (χ4n) is 3.69. The largest absolute Gasteiger partial charge is 0.431 e. The molecular formula is C23H20F3N3O2. The quantitative estimate of drug-likeness (QED) is 0.582. The van der Waals surface area contributed by atoms with Crippen LogP contribution in [0.4, 0.5) is 18.9 Å². The molecule has 0 bridgehead atoms. The second-order valence-corrected chi connectivity index (χ2v) is 7.38. The molecule has 0 saturated carbocycles. The molecule has 2 aromatic carbocycles. The Hall–Kier alpha value is -3.55. The van der Waals surface area contributed by atoms with Crippen molar-refractivity contribution in [1.82, 2.24) is 10.3 Å². The Morgan fingerprint density at radius 2 is 1.77 bits per heavy atom. The van der Waals surface area contributed by atoms with E-state index in [4.69, 9.17) is 0 Å². The zero-order valence-corrected chi connectivity index (χ0v) is 16.4. The van der Waals surface area contributed by atoms with E-state index in [2.05, 4.69) is 10.6 Å². The Bertz CT molecular complexity index is 1160. The highest BCUT2D eigenvalue weighted by atomic mass is 19.4. The number of aryl methyl sites for hydroxylation is 1. The number of fused-ring (bicyclic) bond motifs is 1. The van der Waals surface area contributed by atoms with Crippen LogP contribution < -0.4 is 16.2 Å². The maximum Gasteiger partial charge on any atom is 0.431 e. The number of aromatic amines is 1. The number of aromatic nitrogens is 1. The lowest BCUT2D eigenvalue weighted by molar-refractivity contribution is -0.141. The number of H-pyrrole nitrogens is 1.